The number of piperazine rings is 1. The maximum Gasteiger partial charge on any atom is 0.271 e. The quantitative estimate of drug-likeness (QED) is 0.815. The van der Waals surface area contributed by atoms with E-state index in [1.807, 2.05) is 6.07 Å². The Morgan fingerprint density at radius 2 is 1.81 bits per heavy atom. The molecule has 144 valence electrons. The van der Waals surface area contributed by atoms with Crippen molar-refractivity contribution in [2.24, 2.45) is 5.92 Å². The van der Waals surface area contributed by atoms with Gasteiger partial charge in [0.1, 0.15) is 11.5 Å². The molecule has 0 bridgehead atoms. The molecule has 6 heteroatoms. The van der Waals surface area contributed by atoms with E-state index in [0.717, 1.165) is 45.0 Å². The van der Waals surface area contributed by atoms with Crippen LogP contribution in [-0.4, -0.2) is 53.5 Å². The molecule has 1 N–H and O–H groups in total. The van der Waals surface area contributed by atoms with E-state index in [4.69, 9.17) is 0 Å². The zero-order valence-corrected chi connectivity index (χ0v) is 16.3. The van der Waals surface area contributed by atoms with Gasteiger partial charge in [-0.25, -0.2) is 9.97 Å². The fourth-order valence-electron chi connectivity index (χ4n) is 3.14. The number of hydrogen-bond donors (Lipinski definition) is 1. The van der Waals surface area contributed by atoms with Gasteiger partial charge in [-0.1, -0.05) is 44.2 Å². The molecule has 1 aromatic carbocycles. The van der Waals surface area contributed by atoms with Gasteiger partial charge in [-0.3, -0.25) is 9.69 Å². The van der Waals surface area contributed by atoms with Crippen LogP contribution in [-0.2, 0) is 6.54 Å². The van der Waals surface area contributed by atoms with Gasteiger partial charge in [0.15, 0.2) is 0 Å². The van der Waals surface area contributed by atoms with E-state index in [0.29, 0.717) is 18.2 Å². The number of nitrogens with zero attached hydrogens (tertiary/aromatic N) is 4. The molecule has 3 rings (SSSR count). The molecule has 1 aliphatic heterocycles. The highest BCUT2D eigenvalue weighted by Gasteiger charge is 2.19. The zero-order valence-electron chi connectivity index (χ0n) is 16.3. The number of carbonyl (C=O) groups excluding carboxylic acids is 1. The summed E-state index contributed by atoms with van der Waals surface area (Å²) in [7, 11) is 0. The molecule has 0 atom stereocenters. The van der Waals surface area contributed by atoms with E-state index in [1.54, 1.807) is 12.4 Å². The number of nitrogens with one attached hydrogen (secondary N) is 1. The van der Waals surface area contributed by atoms with Crippen molar-refractivity contribution >= 4 is 11.7 Å². The minimum atomic E-state index is -0.151. The van der Waals surface area contributed by atoms with E-state index in [-0.39, 0.29) is 5.91 Å². The third-order valence-electron chi connectivity index (χ3n) is 4.82. The second kappa shape index (κ2) is 9.46. The molecule has 27 heavy (non-hydrogen) atoms. The van der Waals surface area contributed by atoms with Gasteiger partial charge >= 0.3 is 0 Å². The first-order valence-electron chi connectivity index (χ1n) is 9.73. The van der Waals surface area contributed by atoms with Gasteiger partial charge in [-0.05, 0) is 17.9 Å². The monoisotopic (exact) mass is 367 g/mol. The van der Waals surface area contributed by atoms with Gasteiger partial charge in [0.05, 0.1) is 12.4 Å². The van der Waals surface area contributed by atoms with Crippen LogP contribution >= 0.6 is 0 Å². The molecule has 0 unspecified atom stereocenters. The van der Waals surface area contributed by atoms with Gasteiger partial charge in [0.25, 0.3) is 5.91 Å². The SMILES string of the molecule is CC(C)CCNC(=O)c1cnc(N2CCN(Cc3ccccc3)CC2)cn1. The smallest absolute Gasteiger partial charge is 0.271 e. The summed E-state index contributed by atoms with van der Waals surface area (Å²) >= 11 is 0. The summed E-state index contributed by atoms with van der Waals surface area (Å²) in [6.07, 6.45) is 4.26. The minimum Gasteiger partial charge on any atom is -0.353 e. The molecule has 1 amide bonds. The topological polar surface area (TPSA) is 61.4 Å². The Bertz CT molecular complexity index is 709. The Kier molecular flexibility index (Phi) is 6.76. The number of benzene rings is 1. The molecular weight excluding hydrogens is 338 g/mol. The highest BCUT2D eigenvalue weighted by atomic mass is 16.1. The van der Waals surface area contributed by atoms with Gasteiger partial charge < -0.3 is 10.2 Å². The zero-order chi connectivity index (χ0) is 19.1. The summed E-state index contributed by atoms with van der Waals surface area (Å²) in [5.41, 5.74) is 1.73. The van der Waals surface area contributed by atoms with E-state index in [2.05, 4.69) is 63.2 Å². The largest absolute Gasteiger partial charge is 0.353 e. The normalized spacial score (nSPS) is 15.1. The standard InChI is InChI=1S/C21H29N5O/c1-17(2)8-9-22-21(27)19-14-24-20(15-23-19)26-12-10-25(11-13-26)16-18-6-4-3-5-7-18/h3-7,14-15,17H,8-13,16H2,1-2H3,(H,22,27). The van der Waals surface area contributed by atoms with Crippen molar-refractivity contribution in [2.45, 2.75) is 26.8 Å². The average Bonchev–Trinajstić information content (AvgIpc) is 2.69. The third kappa shape index (κ3) is 5.76. The first kappa shape index (κ1) is 19.3. The predicted molar refractivity (Wildman–Crippen MR) is 108 cm³/mol. The lowest BCUT2D eigenvalue weighted by molar-refractivity contribution is 0.0946. The maximum atomic E-state index is 12.1. The second-order valence-electron chi connectivity index (χ2n) is 7.45. The van der Waals surface area contributed by atoms with Crippen LogP contribution in [0.5, 0.6) is 0 Å². The molecule has 1 saturated heterocycles. The first-order chi connectivity index (χ1) is 13.1. The Morgan fingerprint density at radius 3 is 2.44 bits per heavy atom. The minimum absolute atomic E-state index is 0.151. The molecule has 1 aromatic heterocycles. The van der Waals surface area contributed by atoms with Crippen molar-refractivity contribution in [1.29, 1.82) is 0 Å². The molecule has 0 saturated carbocycles. The van der Waals surface area contributed by atoms with Crippen LogP contribution in [0.1, 0.15) is 36.3 Å². The van der Waals surface area contributed by atoms with Crippen LogP contribution in [0.4, 0.5) is 5.82 Å². The van der Waals surface area contributed by atoms with Crippen LogP contribution in [0.2, 0.25) is 0 Å². The fourth-order valence-corrected chi connectivity index (χ4v) is 3.14. The summed E-state index contributed by atoms with van der Waals surface area (Å²) in [5.74, 6) is 1.26. The van der Waals surface area contributed by atoms with E-state index < -0.39 is 0 Å². The van der Waals surface area contributed by atoms with Crippen molar-refractivity contribution in [1.82, 2.24) is 20.2 Å². The lowest BCUT2D eigenvalue weighted by Crippen LogP contribution is -2.46. The summed E-state index contributed by atoms with van der Waals surface area (Å²) in [5, 5.41) is 2.90. The number of rotatable bonds is 7. The van der Waals surface area contributed by atoms with Crippen LogP contribution < -0.4 is 10.2 Å². The number of aromatic nitrogens is 2. The maximum absolute atomic E-state index is 12.1. The molecule has 0 spiro atoms. The third-order valence-corrected chi connectivity index (χ3v) is 4.82. The lowest BCUT2D eigenvalue weighted by atomic mass is 10.1. The van der Waals surface area contributed by atoms with Crippen LogP contribution in [0, 0.1) is 5.92 Å². The molecule has 0 aliphatic carbocycles. The molecule has 1 aliphatic rings. The summed E-state index contributed by atoms with van der Waals surface area (Å²) in [6, 6.07) is 10.6. The van der Waals surface area contributed by atoms with Crippen molar-refractivity contribution < 1.29 is 4.79 Å². The number of hydrogen-bond acceptors (Lipinski definition) is 5. The molecule has 0 radical (unpaired) electrons. The highest BCUT2D eigenvalue weighted by molar-refractivity contribution is 5.91. The van der Waals surface area contributed by atoms with Crippen LogP contribution in [0.3, 0.4) is 0 Å². The van der Waals surface area contributed by atoms with E-state index in [1.165, 1.54) is 5.56 Å². The van der Waals surface area contributed by atoms with Crippen molar-refractivity contribution in [3.8, 4) is 0 Å². The Balaban J connectivity index is 1.47. The Morgan fingerprint density at radius 1 is 1.07 bits per heavy atom. The van der Waals surface area contributed by atoms with Crippen LogP contribution in [0.15, 0.2) is 42.7 Å². The van der Waals surface area contributed by atoms with Crippen molar-refractivity contribution in [3.05, 3.63) is 54.0 Å². The highest BCUT2D eigenvalue weighted by Crippen LogP contribution is 2.14. The number of carbonyl (C=O) groups is 1. The molecule has 2 aromatic rings. The van der Waals surface area contributed by atoms with E-state index >= 15 is 0 Å². The molecule has 2 heterocycles. The lowest BCUT2D eigenvalue weighted by Gasteiger charge is -2.35. The van der Waals surface area contributed by atoms with Crippen LogP contribution in [0.25, 0.3) is 0 Å². The molecular formula is C21H29N5O. The fraction of sp³-hybridized carbons (Fsp3) is 0.476. The second-order valence-corrected chi connectivity index (χ2v) is 7.45. The first-order valence-corrected chi connectivity index (χ1v) is 9.73. The summed E-state index contributed by atoms with van der Waals surface area (Å²) < 4.78 is 0. The van der Waals surface area contributed by atoms with Crippen molar-refractivity contribution in [3.63, 3.8) is 0 Å². The average molecular weight is 367 g/mol. The summed E-state index contributed by atoms with van der Waals surface area (Å²) in [6.45, 7) is 9.75. The molecule has 6 nitrogen and oxygen atoms in total. The van der Waals surface area contributed by atoms with Gasteiger partial charge in [0.2, 0.25) is 0 Å². The Hall–Kier alpha value is -2.47. The van der Waals surface area contributed by atoms with Gasteiger partial charge in [-0.15, -0.1) is 0 Å². The van der Waals surface area contributed by atoms with E-state index in [9.17, 15) is 4.79 Å². The number of amides is 1. The predicted octanol–water partition coefficient (Wildman–Crippen LogP) is 2.57. The Labute approximate surface area is 161 Å². The van der Waals surface area contributed by atoms with Gasteiger partial charge in [0, 0.05) is 39.3 Å². The molecule has 1 fully saturated rings. The van der Waals surface area contributed by atoms with Crippen molar-refractivity contribution in [2.75, 3.05) is 37.6 Å². The van der Waals surface area contributed by atoms with Gasteiger partial charge in [-0.2, -0.15) is 0 Å². The number of anilines is 1. The summed E-state index contributed by atoms with van der Waals surface area (Å²) in [4.78, 5) is 25.5.